The fourth-order valence-corrected chi connectivity index (χ4v) is 1.79. The summed E-state index contributed by atoms with van der Waals surface area (Å²) in [5, 5.41) is 0.450. The van der Waals surface area contributed by atoms with Gasteiger partial charge in [-0.1, -0.05) is 36.7 Å². The van der Waals surface area contributed by atoms with E-state index in [2.05, 4.69) is 9.97 Å². The largest absolute Gasteiger partial charge is 0.438 e. The number of aromatic nitrogens is 2. The number of hydrogen-bond acceptors (Lipinski definition) is 3. The predicted molar refractivity (Wildman–Crippen MR) is 67.7 cm³/mol. The molecule has 0 fully saturated rings. The van der Waals surface area contributed by atoms with Crippen LogP contribution in [0.15, 0.2) is 30.6 Å². The van der Waals surface area contributed by atoms with Gasteiger partial charge < -0.3 is 4.74 Å². The first-order valence-corrected chi connectivity index (χ1v) is 5.83. The zero-order valence-electron chi connectivity index (χ0n) is 9.77. The summed E-state index contributed by atoms with van der Waals surface area (Å²) in [7, 11) is 0. The van der Waals surface area contributed by atoms with E-state index in [9.17, 15) is 0 Å². The fourth-order valence-electron chi connectivity index (χ4n) is 1.54. The van der Waals surface area contributed by atoms with Crippen LogP contribution >= 0.6 is 11.6 Å². The number of hydrogen-bond donors (Lipinski definition) is 0. The molecular weight excluding hydrogens is 236 g/mol. The third-order valence-electron chi connectivity index (χ3n) is 2.51. The number of rotatable bonds is 3. The third-order valence-corrected chi connectivity index (χ3v) is 2.83. The maximum atomic E-state index is 6.00. The Morgan fingerprint density at radius 1 is 1.24 bits per heavy atom. The Kier molecular flexibility index (Phi) is 3.59. The van der Waals surface area contributed by atoms with E-state index in [1.807, 2.05) is 38.1 Å². The maximum Gasteiger partial charge on any atom is 0.227 e. The number of benzene rings is 1. The molecule has 2 aromatic rings. The van der Waals surface area contributed by atoms with Gasteiger partial charge in [0.2, 0.25) is 5.88 Å². The van der Waals surface area contributed by atoms with Crippen molar-refractivity contribution in [2.24, 2.45) is 0 Å². The van der Waals surface area contributed by atoms with Crippen LogP contribution in [-0.4, -0.2) is 9.97 Å². The molecule has 1 aromatic heterocycles. The van der Waals surface area contributed by atoms with Crippen LogP contribution in [-0.2, 0) is 6.42 Å². The van der Waals surface area contributed by atoms with E-state index in [1.165, 1.54) is 6.33 Å². The second-order valence-electron chi connectivity index (χ2n) is 3.67. The quantitative estimate of drug-likeness (QED) is 0.775. The minimum absolute atomic E-state index is 0.450. The Bertz CT molecular complexity index is 529. The van der Waals surface area contributed by atoms with E-state index in [1.54, 1.807) is 0 Å². The molecule has 0 atom stereocenters. The van der Waals surface area contributed by atoms with Crippen LogP contribution in [0.1, 0.15) is 18.1 Å². The second kappa shape index (κ2) is 5.15. The lowest BCUT2D eigenvalue weighted by molar-refractivity contribution is 0.452. The molecule has 1 heterocycles. The van der Waals surface area contributed by atoms with Crippen molar-refractivity contribution in [3.8, 4) is 11.6 Å². The van der Waals surface area contributed by atoms with Crippen LogP contribution in [0.2, 0.25) is 5.15 Å². The van der Waals surface area contributed by atoms with Crippen molar-refractivity contribution in [2.45, 2.75) is 20.3 Å². The molecule has 3 nitrogen and oxygen atoms in total. The zero-order valence-corrected chi connectivity index (χ0v) is 10.5. The average Bonchev–Trinajstić information content (AvgIpc) is 2.32. The lowest BCUT2D eigenvalue weighted by Gasteiger charge is -2.10. The molecule has 0 aliphatic rings. The van der Waals surface area contributed by atoms with E-state index in [0.717, 1.165) is 23.3 Å². The number of halogens is 1. The van der Waals surface area contributed by atoms with Crippen molar-refractivity contribution < 1.29 is 4.74 Å². The van der Waals surface area contributed by atoms with Gasteiger partial charge in [0.25, 0.3) is 0 Å². The molecule has 0 unspecified atom stereocenters. The number of nitrogens with zero attached hydrogens (tertiary/aromatic N) is 2. The smallest absolute Gasteiger partial charge is 0.227 e. The lowest BCUT2D eigenvalue weighted by Crippen LogP contribution is -1.97. The van der Waals surface area contributed by atoms with Crippen LogP contribution in [0.3, 0.4) is 0 Å². The van der Waals surface area contributed by atoms with Gasteiger partial charge in [0.1, 0.15) is 17.2 Å². The Morgan fingerprint density at radius 3 is 2.71 bits per heavy atom. The number of para-hydroxylation sites is 1. The molecule has 0 saturated heterocycles. The van der Waals surface area contributed by atoms with Crippen LogP contribution in [0.5, 0.6) is 11.6 Å². The van der Waals surface area contributed by atoms with Crippen LogP contribution in [0.25, 0.3) is 0 Å². The summed E-state index contributed by atoms with van der Waals surface area (Å²) >= 11 is 6.00. The van der Waals surface area contributed by atoms with Gasteiger partial charge in [0.15, 0.2) is 0 Å². The third kappa shape index (κ3) is 2.56. The van der Waals surface area contributed by atoms with Gasteiger partial charge in [-0.25, -0.2) is 9.97 Å². The first-order valence-electron chi connectivity index (χ1n) is 5.45. The highest BCUT2D eigenvalue weighted by molar-refractivity contribution is 6.30. The highest BCUT2D eigenvalue weighted by atomic mass is 35.5. The molecule has 1 aromatic carbocycles. The van der Waals surface area contributed by atoms with Crippen molar-refractivity contribution in [1.82, 2.24) is 9.97 Å². The topological polar surface area (TPSA) is 35.0 Å². The molecule has 17 heavy (non-hydrogen) atoms. The average molecular weight is 249 g/mol. The molecule has 0 saturated carbocycles. The van der Waals surface area contributed by atoms with E-state index in [4.69, 9.17) is 16.3 Å². The summed E-state index contributed by atoms with van der Waals surface area (Å²) in [6.07, 6.45) is 2.15. The Balaban J connectivity index is 2.37. The standard InChI is InChI=1S/C13H13ClN2O/c1-3-10-12(14)15-8-16-13(10)17-11-7-5-4-6-9(11)2/h4-8H,3H2,1-2H3. The molecular formula is C13H13ClN2O. The first-order chi connectivity index (χ1) is 8.22. The van der Waals surface area contributed by atoms with Crippen molar-refractivity contribution in [3.05, 3.63) is 46.9 Å². The van der Waals surface area contributed by atoms with E-state index >= 15 is 0 Å². The molecule has 0 aliphatic heterocycles. The van der Waals surface area contributed by atoms with Crippen LogP contribution in [0.4, 0.5) is 0 Å². The molecule has 2 rings (SSSR count). The molecule has 0 amide bonds. The van der Waals surface area contributed by atoms with Gasteiger partial charge in [-0.15, -0.1) is 0 Å². The van der Waals surface area contributed by atoms with E-state index < -0.39 is 0 Å². The van der Waals surface area contributed by atoms with Crippen molar-refractivity contribution in [1.29, 1.82) is 0 Å². The van der Waals surface area contributed by atoms with Gasteiger partial charge in [0.05, 0.1) is 5.56 Å². The van der Waals surface area contributed by atoms with Gasteiger partial charge in [0, 0.05) is 0 Å². The van der Waals surface area contributed by atoms with E-state index in [-0.39, 0.29) is 0 Å². The number of aryl methyl sites for hydroxylation is 1. The summed E-state index contributed by atoms with van der Waals surface area (Å²) < 4.78 is 5.78. The fraction of sp³-hybridized carbons (Fsp3) is 0.231. The van der Waals surface area contributed by atoms with Crippen LogP contribution in [0, 0.1) is 6.92 Å². The van der Waals surface area contributed by atoms with Crippen molar-refractivity contribution in [2.75, 3.05) is 0 Å². The van der Waals surface area contributed by atoms with Gasteiger partial charge in [-0.3, -0.25) is 0 Å². The molecule has 4 heteroatoms. The molecule has 0 radical (unpaired) electrons. The number of ether oxygens (including phenoxy) is 1. The zero-order chi connectivity index (χ0) is 12.3. The molecule has 0 N–H and O–H groups in total. The van der Waals surface area contributed by atoms with Crippen molar-refractivity contribution >= 4 is 11.6 Å². The summed E-state index contributed by atoms with van der Waals surface area (Å²) in [4.78, 5) is 8.08. The Morgan fingerprint density at radius 2 is 2.00 bits per heavy atom. The second-order valence-corrected chi connectivity index (χ2v) is 4.03. The van der Waals surface area contributed by atoms with Crippen molar-refractivity contribution in [3.63, 3.8) is 0 Å². The monoisotopic (exact) mass is 248 g/mol. The summed E-state index contributed by atoms with van der Waals surface area (Å²) in [5.74, 6) is 1.32. The Labute approximate surface area is 105 Å². The molecule has 88 valence electrons. The minimum atomic E-state index is 0.450. The minimum Gasteiger partial charge on any atom is -0.438 e. The van der Waals surface area contributed by atoms with Gasteiger partial charge in [-0.05, 0) is 25.0 Å². The normalized spacial score (nSPS) is 10.3. The van der Waals surface area contributed by atoms with Gasteiger partial charge in [-0.2, -0.15) is 0 Å². The summed E-state index contributed by atoms with van der Waals surface area (Å²) in [6.45, 7) is 3.99. The predicted octanol–water partition coefficient (Wildman–Crippen LogP) is 3.79. The van der Waals surface area contributed by atoms with E-state index in [0.29, 0.717) is 11.0 Å². The SMILES string of the molecule is CCc1c(Cl)ncnc1Oc1ccccc1C. The summed E-state index contributed by atoms with van der Waals surface area (Å²) in [6, 6.07) is 7.79. The van der Waals surface area contributed by atoms with Crippen LogP contribution < -0.4 is 4.74 Å². The Hall–Kier alpha value is -1.61. The lowest BCUT2D eigenvalue weighted by atomic mass is 10.2. The molecule has 0 spiro atoms. The first kappa shape index (κ1) is 11.9. The summed E-state index contributed by atoms with van der Waals surface area (Å²) in [5.41, 5.74) is 1.89. The molecule has 0 aliphatic carbocycles. The highest BCUT2D eigenvalue weighted by Crippen LogP contribution is 2.28. The van der Waals surface area contributed by atoms with Gasteiger partial charge >= 0.3 is 0 Å². The molecule has 0 bridgehead atoms. The highest BCUT2D eigenvalue weighted by Gasteiger charge is 2.10. The maximum absolute atomic E-state index is 6.00.